The number of nitrogens with zero attached hydrogens (tertiary/aromatic N) is 1. The van der Waals surface area contributed by atoms with E-state index in [4.69, 9.17) is 4.42 Å². The molecule has 0 saturated carbocycles. The summed E-state index contributed by atoms with van der Waals surface area (Å²) >= 11 is 1.50. The van der Waals surface area contributed by atoms with Gasteiger partial charge in [-0.3, -0.25) is 4.79 Å². The van der Waals surface area contributed by atoms with Gasteiger partial charge in [0, 0.05) is 5.38 Å². The number of hydrogen-bond donors (Lipinski definition) is 1. The standard InChI is InChI=1S/C20H22N2O2S/c1-3-7-17(15-8-5-4-6-9-15)22-19(23)12-16-13-25-20(21-16)18-11-10-14(2)24-18/h4-6,8-11,13,17H,3,7,12H2,1-2H3,(H,22,23). The summed E-state index contributed by atoms with van der Waals surface area (Å²) in [6, 6.07) is 14.0. The molecule has 0 aliphatic rings. The average Bonchev–Trinajstić information content (AvgIpc) is 3.24. The van der Waals surface area contributed by atoms with Gasteiger partial charge in [0.1, 0.15) is 5.76 Å². The lowest BCUT2D eigenvalue weighted by Crippen LogP contribution is -2.29. The molecule has 0 saturated heterocycles. The third-order valence-electron chi connectivity index (χ3n) is 3.96. The van der Waals surface area contributed by atoms with Gasteiger partial charge in [-0.05, 0) is 31.0 Å². The monoisotopic (exact) mass is 354 g/mol. The van der Waals surface area contributed by atoms with E-state index in [1.54, 1.807) is 0 Å². The molecule has 1 N–H and O–H groups in total. The number of carbonyl (C=O) groups is 1. The van der Waals surface area contributed by atoms with Crippen LogP contribution >= 0.6 is 11.3 Å². The Kier molecular flexibility index (Phi) is 5.66. The number of amides is 1. The summed E-state index contributed by atoms with van der Waals surface area (Å²) in [5, 5.41) is 5.87. The van der Waals surface area contributed by atoms with Crippen LogP contribution in [-0.2, 0) is 11.2 Å². The molecule has 1 aromatic carbocycles. The van der Waals surface area contributed by atoms with E-state index < -0.39 is 0 Å². The quantitative estimate of drug-likeness (QED) is 0.656. The van der Waals surface area contributed by atoms with E-state index in [2.05, 4.69) is 29.4 Å². The fourth-order valence-electron chi connectivity index (χ4n) is 2.76. The molecule has 0 fully saturated rings. The van der Waals surface area contributed by atoms with Crippen molar-refractivity contribution in [1.29, 1.82) is 0 Å². The van der Waals surface area contributed by atoms with Crippen molar-refractivity contribution in [1.82, 2.24) is 10.3 Å². The molecule has 1 atom stereocenters. The van der Waals surface area contributed by atoms with Gasteiger partial charge in [-0.15, -0.1) is 11.3 Å². The molecule has 25 heavy (non-hydrogen) atoms. The molecule has 0 aliphatic heterocycles. The third kappa shape index (κ3) is 4.57. The van der Waals surface area contributed by atoms with Gasteiger partial charge in [0.25, 0.3) is 0 Å². The molecule has 0 spiro atoms. The highest BCUT2D eigenvalue weighted by molar-refractivity contribution is 7.13. The molecule has 0 bridgehead atoms. The highest BCUT2D eigenvalue weighted by Gasteiger charge is 2.16. The lowest BCUT2D eigenvalue weighted by molar-refractivity contribution is -0.121. The molecular weight excluding hydrogens is 332 g/mol. The Bertz CT molecular complexity index is 823. The maximum Gasteiger partial charge on any atom is 0.226 e. The molecule has 3 rings (SSSR count). The summed E-state index contributed by atoms with van der Waals surface area (Å²) in [4.78, 5) is 17.0. The normalized spacial score (nSPS) is 12.1. The molecule has 0 aliphatic carbocycles. The maximum atomic E-state index is 12.5. The van der Waals surface area contributed by atoms with Crippen LogP contribution in [0.4, 0.5) is 0 Å². The van der Waals surface area contributed by atoms with Crippen molar-refractivity contribution in [3.05, 3.63) is 64.9 Å². The number of aryl methyl sites for hydroxylation is 1. The van der Waals surface area contributed by atoms with E-state index in [9.17, 15) is 4.79 Å². The van der Waals surface area contributed by atoms with Crippen LogP contribution in [-0.4, -0.2) is 10.9 Å². The molecular formula is C20H22N2O2S. The Labute approximate surface area is 151 Å². The number of hydrogen-bond acceptors (Lipinski definition) is 4. The van der Waals surface area contributed by atoms with Crippen molar-refractivity contribution in [2.45, 2.75) is 39.2 Å². The van der Waals surface area contributed by atoms with Gasteiger partial charge in [0.2, 0.25) is 5.91 Å². The van der Waals surface area contributed by atoms with Gasteiger partial charge >= 0.3 is 0 Å². The van der Waals surface area contributed by atoms with Gasteiger partial charge in [-0.1, -0.05) is 43.7 Å². The Morgan fingerprint density at radius 2 is 2.04 bits per heavy atom. The lowest BCUT2D eigenvalue weighted by Gasteiger charge is -2.18. The summed E-state index contributed by atoms with van der Waals surface area (Å²) in [5.41, 5.74) is 1.91. The smallest absolute Gasteiger partial charge is 0.226 e. The summed E-state index contributed by atoms with van der Waals surface area (Å²) in [6.45, 7) is 4.03. The largest absolute Gasteiger partial charge is 0.459 e. The summed E-state index contributed by atoms with van der Waals surface area (Å²) < 4.78 is 5.59. The number of rotatable bonds is 7. The van der Waals surface area contributed by atoms with Crippen molar-refractivity contribution in [2.75, 3.05) is 0 Å². The third-order valence-corrected chi connectivity index (χ3v) is 4.86. The highest BCUT2D eigenvalue weighted by Crippen LogP contribution is 2.26. The van der Waals surface area contributed by atoms with Gasteiger partial charge in [0.05, 0.1) is 18.2 Å². The molecule has 130 valence electrons. The summed E-state index contributed by atoms with van der Waals surface area (Å²) in [6.07, 6.45) is 2.21. The Hall–Kier alpha value is -2.40. The van der Waals surface area contributed by atoms with Crippen molar-refractivity contribution in [3.63, 3.8) is 0 Å². The van der Waals surface area contributed by atoms with Crippen LogP contribution in [0.25, 0.3) is 10.8 Å². The Morgan fingerprint density at radius 1 is 1.24 bits per heavy atom. The zero-order valence-electron chi connectivity index (χ0n) is 14.5. The number of thiazole rings is 1. The van der Waals surface area contributed by atoms with Crippen LogP contribution in [0.1, 0.15) is 42.8 Å². The molecule has 1 unspecified atom stereocenters. The van der Waals surface area contributed by atoms with Gasteiger partial charge in [-0.25, -0.2) is 4.98 Å². The van der Waals surface area contributed by atoms with Crippen molar-refractivity contribution >= 4 is 17.2 Å². The minimum Gasteiger partial charge on any atom is -0.459 e. The van der Waals surface area contributed by atoms with Crippen molar-refractivity contribution in [3.8, 4) is 10.8 Å². The first-order valence-corrected chi connectivity index (χ1v) is 9.39. The Morgan fingerprint density at radius 3 is 2.72 bits per heavy atom. The molecule has 5 heteroatoms. The number of nitrogens with one attached hydrogen (secondary N) is 1. The van der Waals surface area contributed by atoms with E-state index >= 15 is 0 Å². The first-order valence-electron chi connectivity index (χ1n) is 8.51. The van der Waals surface area contributed by atoms with Crippen LogP contribution in [0.15, 0.2) is 52.3 Å². The van der Waals surface area contributed by atoms with Crippen LogP contribution in [0.5, 0.6) is 0 Å². The van der Waals surface area contributed by atoms with Crippen LogP contribution < -0.4 is 5.32 Å². The number of aromatic nitrogens is 1. The zero-order chi connectivity index (χ0) is 17.6. The topological polar surface area (TPSA) is 55.1 Å². The number of benzene rings is 1. The number of carbonyl (C=O) groups excluding carboxylic acids is 1. The van der Waals surface area contributed by atoms with E-state index in [-0.39, 0.29) is 18.4 Å². The highest BCUT2D eigenvalue weighted by atomic mass is 32.1. The average molecular weight is 354 g/mol. The number of furan rings is 1. The second kappa shape index (κ2) is 8.12. The van der Waals surface area contributed by atoms with Crippen LogP contribution in [0.3, 0.4) is 0 Å². The van der Waals surface area contributed by atoms with Gasteiger partial charge in [-0.2, -0.15) is 0 Å². The predicted molar refractivity (Wildman–Crippen MR) is 100 cm³/mol. The fraction of sp³-hybridized carbons (Fsp3) is 0.300. The SMILES string of the molecule is CCCC(NC(=O)Cc1csc(-c2ccc(C)o2)n1)c1ccccc1. The molecule has 2 aromatic heterocycles. The molecule has 1 amide bonds. The van der Waals surface area contributed by atoms with Crippen molar-refractivity contribution in [2.24, 2.45) is 0 Å². The minimum absolute atomic E-state index is 0.00483. The summed E-state index contributed by atoms with van der Waals surface area (Å²) in [7, 11) is 0. The predicted octanol–water partition coefficient (Wildman–Crippen LogP) is 4.91. The maximum absolute atomic E-state index is 12.5. The van der Waals surface area contributed by atoms with Gasteiger partial charge in [0.15, 0.2) is 10.8 Å². The molecule has 2 heterocycles. The zero-order valence-corrected chi connectivity index (χ0v) is 15.3. The second-order valence-corrected chi connectivity index (χ2v) is 6.91. The first kappa shape index (κ1) is 17.4. The molecule has 0 radical (unpaired) electrons. The summed E-state index contributed by atoms with van der Waals surface area (Å²) in [5.74, 6) is 1.60. The van der Waals surface area contributed by atoms with Crippen molar-refractivity contribution < 1.29 is 9.21 Å². The first-order chi connectivity index (χ1) is 12.2. The van der Waals surface area contributed by atoms with E-state index in [0.29, 0.717) is 0 Å². The Balaban J connectivity index is 1.64. The van der Waals surface area contributed by atoms with Crippen LogP contribution in [0, 0.1) is 6.92 Å². The van der Waals surface area contributed by atoms with E-state index in [0.717, 1.165) is 40.6 Å². The van der Waals surface area contributed by atoms with E-state index in [1.807, 2.05) is 42.6 Å². The second-order valence-electron chi connectivity index (χ2n) is 6.05. The molecule has 3 aromatic rings. The lowest BCUT2D eigenvalue weighted by atomic mass is 10.0. The minimum atomic E-state index is -0.00483. The fourth-order valence-corrected chi connectivity index (χ4v) is 3.54. The van der Waals surface area contributed by atoms with Gasteiger partial charge < -0.3 is 9.73 Å². The van der Waals surface area contributed by atoms with E-state index in [1.165, 1.54) is 11.3 Å². The van der Waals surface area contributed by atoms with Crippen LogP contribution in [0.2, 0.25) is 0 Å². The molecule has 4 nitrogen and oxygen atoms in total.